The van der Waals surface area contributed by atoms with Crippen LogP contribution in [0.4, 0.5) is 0 Å². The maximum atomic E-state index is 5.86. The van der Waals surface area contributed by atoms with Gasteiger partial charge in [0.25, 0.3) is 0 Å². The normalized spacial score (nSPS) is 10.4. The summed E-state index contributed by atoms with van der Waals surface area (Å²) in [6.07, 6.45) is 0. The SMILES string of the molecule is [B]c1cccc2cccc(C)c12. The van der Waals surface area contributed by atoms with Gasteiger partial charge in [0.1, 0.15) is 7.85 Å². The maximum absolute atomic E-state index is 5.86. The summed E-state index contributed by atoms with van der Waals surface area (Å²) in [5, 5.41) is 2.40. The molecule has 0 amide bonds. The summed E-state index contributed by atoms with van der Waals surface area (Å²) >= 11 is 0. The Labute approximate surface area is 73.6 Å². The summed E-state index contributed by atoms with van der Waals surface area (Å²) in [6.45, 7) is 2.08. The predicted molar refractivity (Wildman–Crippen MR) is 54.1 cm³/mol. The fourth-order valence-electron chi connectivity index (χ4n) is 1.56. The lowest BCUT2D eigenvalue weighted by Crippen LogP contribution is -2.03. The van der Waals surface area contributed by atoms with Gasteiger partial charge >= 0.3 is 0 Å². The maximum Gasteiger partial charge on any atom is 0.114 e. The molecule has 0 aromatic heterocycles. The van der Waals surface area contributed by atoms with E-state index in [1.54, 1.807) is 0 Å². The van der Waals surface area contributed by atoms with E-state index in [-0.39, 0.29) is 0 Å². The van der Waals surface area contributed by atoms with Crippen LogP contribution in [0.3, 0.4) is 0 Å². The van der Waals surface area contributed by atoms with Gasteiger partial charge in [0.15, 0.2) is 0 Å². The Morgan fingerprint density at radius 1 is 1.00 bits per heavy atom. The van der Waals surface area contributed by atoms with Crippen molar-refractivity contribution in [3.63, 3.8) is 0 Å². The first-order chi connectivity index (χ1) is 5.79. The Balaban J connectivity index is 2.96. The van der Waals surface area contributed by atoms with Gasteiger partial charge in [-0.25, -0.2) is 0 Å². The highest BCUT2D eigenvalue weighted by Gasteiger charge is 1.97. The van der Waals surface area contributed by atoms with Crippen molar-refractivity contribution in [2.24, 2.45) is 0 Å². The summed E-state index contributed by atoms with van der Waals surface area (Å²) in [6, 6.07) is 12.2. The summed E-state index contributed by atoms with van der Waals surface area (Å²) in [5.41, 5.74) is 2.11. The molecule has 0 saturated heterocycles. The Kier molecular flexibility index (Phi) is 1.65. The third kappa shape index (κ3) is 1.02. The zero-order valence-electron chi connectivity index (χ0n) is 7.04. The van der Waals surface area contributed by atoms with Crippen LogP contribution >= 0.6 is 0 Å². The van der Waals surface area contributed by atoms with Gasteiger partial charge in [0, 0.05) is 0 Å². The van der Waals surface area contributed by atoms with Gasteiger partial charge in [0.2, 0.25) is 0 Å². The molecule has 0 heterocycles. The van der Waals surface area contributed by atoms with Crippen LogP contribution in [0.1, 0.15) is 5.56 Å². The number of hydrogen-bond donors (Lipinski definition) is 0. The van der Waals surface area contributed by atoms with Crippen LogP contribution in [-0.2, 0) is 0 Å². The van der Waals surface area contributed by atoms with Gasteiger partial charge in [-0.2, -0.15) is 0 Å². The molecule has 0 aliphatic rings. The standard InChI is InChI=1S/C11H9B/c1-8-4-2-5-9-6-3-7-10(12)11(8)9/h2-7H,1H3. The first-order valence-corrected chi connectivity index (χ1v) is 4.03. The van der Waals surface area contributed by atoms with Gasteiger partial charge in [-0.1, -0.05) is 41.9 Å². The van der Waals surface area contributed by atoms with Gasteiger partial charge in [-0.3, -0.25) is 0 Å². The van der Waals surface area contributed by atoms with E-state index < -0.39 is 0 Å². The number of rotatable bonds is 0. The lowest BCUT2D eigenvalue weighted by Gasteiger charge is -2.04. The molecule has 1 heteroatoms. The Morgan fingerprint density at radius 3 is 2.33 bits per heavy atom. The number of aryl methyl sites for hydroxylation is 1. The van der Waals surface area contributed by atoms with E-state index in [1.807, 2.05) is 12.1 Å². The molecule has 0 N–H and O–H groups in total. The molecule has 0 aliphatic carbocycles. The van der Waals surface area contributed by atoms with E-state index >= 15 is 0 Å². The van der Waals surface area contributed by atoms with Crippen molar-refractivity contribution in [2.75, 3.05) is 0 Å². The van der Waals surface area contributed by atoms with Crippen LogP contribution in [0.15, 0.2) is 36.4 Å². The van der Waals surface area contributed by atoms with Crippen molar-refractivity contribution in [1.29, 1.82) is 0 Å². The molecule has 2 aromatic carbocycles. The van der Waals surface area contributed by atoms with Gasteiger partial charge in [0.05, 0.1) is 0 Å². The van der Waals surface area contributed by atoms with Crippen molar-refractivity contribution >= 4 is 24.1 Å². The molecular weight excluding hydrogens is 143 g/mol. The van der Waals surface area contributed by atoms with Crippen molar-refractivity contribution in [3.8, 4) is 0 Å². The van der Waals surface area contributed by atoms with Crippen molar-refractivity contribution < 1.29 is 0 Å². The Bertz CT molecular complexity index is 382. The topological polar surface area (TPSA) is 0 Å². The summed E-state index contributed by atoms with van der Waals surface area (Å²) in [5.74, 6) is 0. The van der Waals surface area contributed by atoms with E-state index in [0.29, 0.717) is 0 Å². The summed E-state index contributed by atoms with van der Waals surface area (Å²) in [7, 11) is 5.86. The van der Waals surface area contributed by atoms with Crippen LogP contribution in [0.25, 0.3) is 10.8 Å². The molecule has 0 spiro atoms. The lowest BCUT2D eigenvalue weighted by atomic mass is 9.88. The zero-order chi connectivity index (χ0) is 8.55. The number of hydrogen-bond acceptors (Lipinski definition) is 0. The Morgan fingerprint density at radius 2 is 1.67 bits per heavy atom. The van der Waals surface area contributed by atoms with Crippen LogP contribution in [0.5, 0.6) is 0 Å². The average molecular weight is 152 g/mol. The molecule has 0 nitrogen and oxygen atoms in total. The van der Waals surface area contributed by atoms with Crippen molar-refractivity contribution in [2.45, 2.75) is 6.92 Å². The molecule has 0 atom stereocenters. The van der Waals surface area contributed by atoms with Crippen molar-refractivity contribution in [3.05, 3.63) is 42.0 Å². The van der Waals surface area contributed by atoms with Gasteiger partial charge < -0.3 is 0 Å². The quantitative estimate of drug-likeness (QED) is 0.506. The number of benzene rings is 2. The molecule has 2 rings (SSSR count). The summed E-state index contributed by atoms with van der Waals surface area (Å²) < 4.78 is 0. The van der Waals surface area contributed by atoms with Crippen molar-refractivity contribution in [1.82, 2.24) is 0 Å². The fraction of sp³-hybridized carbons (Fsp3) is 0.0909. The highest BCUT2D eigenvalue weighted by atomic mass is 14.0. The minimum Gasteiger partial charge on any atom is -0.0887 e. The number of fused-ring (bicyclic) bond motifs is 1. The largest absolute Gasteiger partial charge is 0.114 e. The fourth-order valence-corrected chi connectivity index (χ4v) is 1.56. The molecule has 0 unspecified atom stereocenters. The molecule has 12 heavy (non-hydrogen) atoms. The van der Waals surface area contributed by atoms with Crippen LogP contribution in [0.2, 0.25) is 0 Å². The highest BCUT2D eigenvalue weighted by Crippen LogP contribution is 2.14. The lowest BCUT2D eigenvalue weighted by molar-refractivity contribution is 1.54. The van der Waals surface area contributed by atoms with E-state index in [2.05, 4.69) is 31.2 Å². The average Bonchev–Trinajstić information content (AvgIpc) is 2.04. The smallest absolute Gasteiger partial charge is 0.0887 e. The Hall–Kier alpha value is -1.24. The minimum atomic E-state index is 0.866. The second kappa shape index (κ2) is 2.67. The molecule has 2 radical (unpaired) electrons. The first kappa shape index (κ1) is 7.42. The minimum absolute atomic E-state index is 0.866. The van der Waals surface area contributed by atoms with E-state index in [9.17, 15) is 0 Å². The van der Waals surface area contributed by atoms with Crippen LogP contribution < -0.4 is 5.46 Å². The molecule has 0 bridgehead atoms. The monoisotopic (exact) mass is 152 g/mol. The zero-order valence-corrected chi connectivity index (χ0v) is 7.04. The van der Waals surface area contributed by atoms with Gasteiger partial charge in [-0.05, 0) is 23.3 Å². The molecule has 2 aromatic rings. The van der Waals surface area contributed by atoms with E-state index in [1.165, 1.54) is 16.3 Å². The second-order valence-electron chi connectivity index (χ2n) is 3.02. The van der Waals surface area contributed by atoms with Crippen LogP contribution in [-0.4, -0.2) is 7.85 Å². The molecule has 0 aliphatic heterocycles. The third-order valence-electron chi connectivity index (χ3n) is 2.15. The highest BCUT2D eigenvalue weighted by molar-refractivity contribution is 6.39. The third-order valence-corrected chi connectivity index (χ3v) is 2.15. The summed E-state index contributed by atoms with van der Waals surface area (Å²) in [4.78, 5) is 0. The molecule has 0 saturated carbocycles. The van der Waals surface area contributed by atoms with Gasteiger partial charge in [-0.15, -0.1) is 0 Å². The van der Waals surface area contributed by atoms with E-state index in [0.717, 1.165) is 5.46 Å². The molecule has 56 valence electrons. The first-order valence-electron chi connectivity index (χ1n) is 4.03. The predicted octanol–water partition coefficient (Wildman–Crippen LogP) is 1.94. The van der Waals surface area contributed by atoms with Crippen LogP contribution in [0, 0.1) is 6.92 Å². The van der Waals surface area contributed by atoms with E-state index in [4.69, 9.17) is 7.85 Å². The molecule has 0 fully saturated rings. The second-order valence-corrected chi connectivity index (χ2v) is 3.02. The molecular formula is C11H9B.